The smallest absolute Gasteiger partial charge is 0.179 e. The number of carbonyl (C=O) groups is 1. The number of hydrogen-bond acceptors (Lipinski definition) is 2. The highest BCUT2D eigenvalue weighted by molar-refractivity contribution is 6.31. The third-order valence-electron chi connectivity index (χ3n) is 2.40. The lowest BCUT2D eigenvalue weighted by atomic mass is 9.88. The third-order valence-corrected chi connectivity index (χ3v) is 2.63. The van der Waals surface area contributed by atoms with Gasteiger partial charge in [-0.05, 0) is 30.5 Å². The molecule has 1 aliphatic rings. The minimum Gasteiger partial charge on any atom is -0.321 e. The Morgan fingerprint density at radius 1 is 1.46 bits per heavy atom. The summed E-state index contributed by atoms with van der Waals surface area (Å²) in [4.78, 5) is 11.6. The van der Waals surface area contributed by atoms with Gasteiger partial charge in [0.15, 0.2) is 5.78 Å². The number of Topliss-reactive ketones (excluding diaryl/α,β-unsaturated/α-hetero) is 1. The van der Waals surface area contributed by atoms with E-state index in [2.05, 4.69) is 0 Å². The summed E-state index contributed by atoms with van der Waals surface area (Å²) < 4.78 is 0. The lowest BCUT2D eigenvalue weighted by Crippen LogP contribution is -2.35. The molecule has 13 heavy (non-hydrogen) atoms. The van der Waals surface area contributed by atoms with Gasteiger partial charge in [-0.3, -0.25) is 4.79 Å². The summed E-state index contributed by atoms with van der Waals surface area (Å²) >= 11 is 5.80. The molecule has 0 fully saturated rings. The highest BCUT2D eigenvalue weighted by Gasteiger charge is 2.23. The molecule has 3 heteroatoms. The van der Waals surface area contributed by atoms with Gasteiger partial charge in [0.25, 0.3) is 0 Å². The molecule has 0 aliphatic heterocycles. The number of benzene rings is 1. The van der Waals surface area contributed by atoms with Gasteiger partial charge in [0, 0.05) is 10.6 Å². The second-order valence-corrected chi connectivity index (χ2v) is 3.75. The molecule has 2 nitrogen and oxygen atoms in total. The summed E-state index contributed by atoms with van der Waals surface area (Å²) in [6.07, 6.45) is 1.62. The number of aryl methyl sites for hydroxylation is 1. The molecule has 0 heterocycles. The molecule has 0 saturated heterocycles. The first-order valence-corrected chi connectivity index (χ1v) is 4.64. The van der Waals surface area contributed by atoms with Crippen molar-refractivity contribution in [2.45, 2.75) is 18.9 Å². The van der Waals surface area contributed by atoms with Crippen LogP contribution in [0, 0.1) is 0 Å². The molecular formula is C10H10ClNO. The lowest BCUT2D eigenvalue weighted by molar-refractivity contribution is 0.0948. The second-order valence-electron chi connectivity index (χ2n) is 3.31. The Morgan fingerprint density at radius 3 is 3.00 bits per heavy atom. The Balaban J connectivity index is 2.51. The molecule has 2 rings (SSSR count). The molecule has 0 spiro atoms. The molecule has 0 radical (unpaired) electrons. The van der Waals surface area contributed by atoms with Crippen molar-refractivity contribution in [2.75, 3.05) is 0 Å². The Bertz CT molecular complexity index is 362. The van der Waals surface area contributed by atoms with E-state index in [1.807, 2.05) is 12.1 Å². The SMILES string of the molecule is NC1CCc2ccc(Cl)cc2C1=O. The fourth-order valence-corrected chi connectivity index (χ4v) is 1.81. The third kappa shape index (κ3) is 1.47. The van der Waals surface area contributed by atoms with E-state index in [1.54, 1.807) is 6.07 Å². The summed E-state index contributed by atoms with van der Waals surface area (Å²) in [5.41, 5.74) is 7.42. The maximum Gasteiger partial charge on any atom is 0.179 e. The number of carbonyl (C=O) groups excluding carboxylic acids is 1. The Hall–Kier alpha value is -0.860. The van der Waals surface area contributed by atoms with E-state index in [0.29, 0.717) is 10.6 Å². The minimum atomic E-state index is -0.342. The summed E-state index contributed by atoms with van der Waals surface area (Å²) in [6, 6.07) is 5.08. The average Bonchev–Trinajstić information content (AvgIpc) is 2.12. The topological polar surface area (TPSA) is 43.1 Å². The number of nitrogens with two attached hydrogens (primary N) is 1. The fraction of sp³-hybridized carbons (Fsp3) is 0.300. The van der Waals surface area contributed by atoms with E-state index < -0.39 is 0 Å². The van der Waals surface area contributed by atoms with Crippen LogP contribution in [0.3, 0.4) is 0 Å². The Kier molecular flexibility index (Phi) is 2.10. The number of halogens is 1. The zero-order valence-corrected chi connectivity index (χ0v) is 7.84. The number of hydrogen-bond donors (Lipinski definition) is 1. The highest BCUT2D eigenvalue weighted by atomic mass is 35.5. The van der Waals surface area contributed by atoms with Gasteiger partial charge in [-0.2, -0.15) is 0 Å². The molecule has 0 saturated carbocycles. The lowest BCUT2D eigenvalue weighted by Gasteiger charge is -2.19. The van der Waals surface area contributed by atoms with Gasteiger partial charge in [0.2, 0.25) is 0 Å². The number of ketones is 1. The molecule has 1 aromatic carbocycles. The van der Waals surface area contributed by atoms with Crippen LogP contribution in [0.5, 0.6) is 0 Å². The molecule has 0 aromatic heterocycles. The van der Waals surface area contributed by atoms with Crippen LogP contribution in [-0.2, 0) is 6.42 Å². The van der Waals surface area contributed by atoms with Gasteiger partial charge in [-0.15, -0.1) is 0 Å². The Labute approximate surface area is 81.7 Å². The summed E-state index contributed by atoms with van der Waals surface area (Å²) in [5.74, 6) is 0.0174. The van der Waals surface area contributed by atoms with E-state index in [9.17, 15) is 4.79 Å². The van der Waals surface area contributed by atoms with E-state index >= 15 is 0 Å². The van der Waals surface area contributed by atoms with Crippen molar-refractivity contribution in [1.29, 1.82) is 0 Å². The Morgan fingerprint density at radius 2 is 2.23 bits per heavy atom. The normalized spacial score (nSPS) is 21.4. The van der Waals surface area contributed by atoms with Crippen LogP contribution in [0.4, 0.5) is 0 Å². The molecule has 2 N–H and O–H groups in total. The zero-order chi connectivity index (χ0) is 9.42. The molecule has 68 valence electrons. The first-order chi connectivity index (χ1) is 6.18. The summed E-state index contributed by atoms with van der Waals surface area (Å²) in [7, 11) is 0. The molecule has 0 amide bonds. The first-order valence-electron chi connectivity index (χ1n) is 4.26. The van der Waals surface area contributed by atoms with Crippen molar-refractivity contribution >= 4 is 17.4 Å². The predicted molar refractivity (Wildman–Crippen MR) is 52.1 cm³/mol. The van der Waals surface area contributed by atoms with Crippen LogP contribution >= 0.6 is 11.6 Å². The zero-order valence-electron chi connectivity index (χ0n) is 7.09. The average molecular weight is 196 g/mol. The van der Waals surface area contributed by atoms with Crippen LogP contribution in [-0.4, -0.2) is 11.8 Å². The van der Waals surface area contributed by atoms with Gasteiger partial charge in [-0.25, -0.2) is 0 Å². The second kappa shape index (κ2) is 3.13. The van der Waals surface area contributed by atoms with Gasteiger partial charge in [0.05, 0.1) is 6.04 Å². The fourth-order valence-electron chi connectivity index (χ4n) is 1.64. The van der Waals surface area contributed by atoms with Crippen LogP contribution in [0.25, 0.3) is 0 Å². The standard InChI is InChI=1S/C10H10ClNO/c11-7-3-1-6-2-4-9(12)10(13)8(6)5-7/h1,3,5,9H,2,4,12H2. The maximum absolute atomic E-state index is 11.6. The van der Waals surface area contributed by atoms with Crippen molar-refractivity contribution in [1.82, 2.24) is 0 Å². The summed E-state index contributed by atoms with van der Waals surface area (Å²) in [5, 5.41) is 0.598. The quantitative estimate of drug-likeness (QED) is 0.686. The van der Waals surface area contributed by atoms with Crippen LogP contribution < -0.4 is 5.73 Å². The van der Waals surface area contributed by atoms with E-state index in [0.717, 1.165) is 18.4 Å². The monoisotopic (exact) mass is 195 g/mol. The molecular weight excluding hydrogens is 186 g/mol. The molecule has 1 aromatic rings. The van der Waals surface area contributed by atoms with Crippen LogP contribution in [0.15, 0.2) is 18.2 Å². The molecule has 1 unspecified atom stereocenters. The van der Waals surface area contributed by atoms with Crippen molar-refractivity contribution < 1.29 is 4.79 Å². The van der Waals surface area contributed by atoms with Crippen molar-refractivity contribution in [2.24, 2.45) is 5.73 Å². The minimum absolute atomic E-state index is 0.0174. The van der Waals surface area contributed by atoms with Crippen molar-refractivity contribution in [3.8, 4) is 0 Å². The number of rotatable bonds is 0. The molecule has 1 atom stereocenters. The van der Waals surface area contributed by atoms with E-state index in [-0.39, 0.29) is 11.8 Å². The highest BCUT2D eigenvalue weighted by Crippen LogP contribution is 2.23. The number of fused-ring (bicyclic) bond motifs is 1. The van der Waals surface area contributed by atoms with Crippen molar-refractivity contribution in [3.05, 3.63) is 34.3 Å². The van der Waals surface area contributed by atoms with Crippen LogP contribution in [0.2, 0.25) is 5.02 Å². The van der Waals surface area contributed by atoms with E-state index in [1.165, 1.54) is 0 Å². The van der Waals surface area contributed by atoms with Gasteiger partial charge < -0.3 is 5.73 Å². The van der Waals surface area contributed by atoms with Gasteiger partial charge in [0.1, 0.15) is 0 Å². The van der Waals surface area contributed by atoms with E-state index in [4.69, 9.17) is 17.3 Å². The predicted octanol–water partition coefficient (Wildman–Crippen LogP) is 1.80. The van der Waals surface area contributed by atoms with Gasteiger partial charge in [-0.1, -0.05) is 17.7 Å². The van der Waals surface area contributed by atoms with Crippen molar-refractivity contribution in [3.63, 3.8) is 0 Å². The molecule has 1 aliphatic carbocycles. The largest absolute Gasteiger partial charge is 0.321 e. The van der Waals surface area contributed by atoms with Crippen LogP contribution in [0.1, 0.15) is 22.3 Å². The molecule has 0 bridgehead atoms. The maximum atomic E-state index is 11.6. The first kappa shape index (κ1) is 8.73. The van der Waals surface area contributed by atoms with Gasteiger partial charge >= 0.3 is 0 Å². The summed E-state index contributed by atoms with van der Waals surface area (Å²) in [6.45, 7) is 0.